The highest BCUT2D eigenvalue weighted by Gasteiger charge is 2.22. The minimum atomic E-state index is -0.0274. The summed E-state index contributed by atoms with van der Waals surface area (Å²) in [6.07, 6.45) is 1.98. The van der Waals surface area contributed by atoms with Crippen LogP contribution in [0.3, 0.4) is 0 Å². The normalized spacial score (nSPS) is 17.9. The molecular weight excluding hydrogens is 284 g/mol. The van der Waals surface area contributed by atoms with Gasteiger partial charge in [0, 0.05) is 32.9 Å². The van der Waals surface area contributed by atoms with Crippen LogP contribution in [0.5, 0.6) is 5.88 Å². The molecule has 7 nitrogen and oxygen atoms in total. The lowest BCUT2D eigenvalue weighted by molar-refractivity contribution is 0.103. The highest BCUT2D eigenvalue weighted by atomic mass is 16.5. The quantitative estimate of drug-likeness (QED) is 0.690. The molecule has 1 atom stereocenters. The number of anilines is 1. The van der Waals surface area contributed by atoms with E-state index in [1.165, 1.54) is 0 Å². The zero-order valence-electron chi connectivity index (χ0n) is 13.7. The number of methoxy groups -OCH3 is 1. The second kappa shape index (κ2) is 8.87. The maximum Gasteiger partial charge on any atom is 0.218 e. The first kappa shape index (κ1) is 16.9. The number of hydrogen-bond acceptors (Lipinski definition) is 7. The molecule has 2 rings (SSSR count). The van der Waals surface area contributed by atoms with Gasteiger partial charge in [-0.3, -0.25) is 0 Å². The van der Waals surface area contributed by atoms with Crippen molar-refractivity contribution in [3.8, 4) is 5.88 Å². The van der Waals surface area contributed by atoms with Gasteiger partial charge in [0.15, 0.2) is 5.82 Å². The Labute approximate surface area is 132 Å². The SMILES string of the molecule is COCCOc1cc(NCCN(C)C)nc(C2CCCO2)n1. The second-order valence-corrected chi connectivity index (χ2v) is 5.52. The summed E-state index contributed by atoms with van der Waals surface area (Å²) in [4.78, 5) is 11.1. The monoisotopic (exact) mass is 310 g/mol. The molecule has 0 saturated carbocycles. The van der Waals surface area contributed by atoms with Crippen LogP contribution in [0.25, 0.3) is 0 Å². The summed E-state index contributed by atoms with van der Waals surface area (Å²) >= 11 is 0. The van der Waals surface area contributed by atoms with E-state index in [0.29, 0.717) is 24.9 Å². The Bertz CT molecular complexity index is 450. The molecule has 22 heavy (non-hydrogen) atoms. The third-order valence-electron chi connectivity index (χ3n) is 3.34. The summed E-state index contributed by atoms with van der Waals surface area (Å²) in [6.45, 7) is 3.51. The minimum absolute atomic E-state index is 0.0274. The van der Waals surface area contributed by atoms with Gasteiger partial charge in [-0.2, -0.15) is 4.98 Å². The predicted octanol–water partition coefficient (Wildman–Crippen LogP) is 1.33. The van der Waals surface area contributed by atoms with Crippen molar-refractivity contribution in [1.29, 1.82) is 0 Å². The van der Waals surface area contributed by atoms with Gasteiger partial charge in [0.25, 0.3) is 0 Å². The van der Waals surface area contributed by atoms with E-state index < -0.39 is 0 Å². The molecule has 1 N–H and O–H groups in total. The van der Waals surface area contributed by atoms with Crippen molar-refractivity contribution < 1.29 is 14.2 Å². The van der Waals surface area contributed by atoms with Gasteiger partial charge in [0.1, 0.15) is 18.5 Å². The van der Waals surface area contributed by atoms with Gasteiger partial charge in [-0.1, -0.05) is 0 Å². The molecule has 1 fully saturated rings. The fourth-order valence-electron chi connectivity index (χ4n) is 2.17. The molecule has 1 unspecified atom stereocenters. The molecule has 1 aliphatic heterocycles. The standard InChI is InChI=1S/C15H26N4O3/c1-19(2)7-6-16-13-11-14(22-10-9-20-3)18-15(17-13)12-5-4-8-21-12/h11-12H,4-10H2,1-3H3,(H,16,17,18). The van der Waals surface area contributed by atoms with Crippen molar-refractivity contribution in [3.05, 3.63) is 11.9 Å². The van der Waals surface area contributed by atoms with E-state index in [1.807, 2.05) is 20.2 Å². The zero-order valence-corrected chi connectivity index (χ0v) is 13.7. The fourth-order valence-corrected chi connectivity index (χ4v) is 2.17. The van der Waals surface area contributed by atoms with Crippen LogP contribution in [0.1, 0.15) is 24.8 Å². The maximum atomic E-state index is 5.68. The van der Waals surface area contributed by atoms with Crippen LogP contribution in [0.15, 0.2) is 6.07 Å². The van der Waals surface area contributed by atoms with Crippen LogP contribution in [0.4, 0.5) is 5.82 Å². The summed E-state index contributed by atoms with van der Waals surface area (Å²) in [5.74, 6) is 2.03. The number of hydrogen-bond donors (Lipinski definition) is 1. The summed E-state index contributed by atoms with van der Waals surface area (Å²) in [5.41, 5.74) is 0. The first-order chi connectivity index (χ1) is 10.7. The summed E-state index contributed by atoms with van der Waals surface area (Å²) < 4.78 is 16.3. The fraction of sp³-hybridized carbons (Fsp3) is 0.733. The highest BCUT2D eigenvalue weighted by Crippen LogP contribution is 2.28. The molecule has 0 aromatic carbocycles. The number of aromatic nitrogens is 2. The van der Waals surface area contributed by atoms with Crippen molar-refractivity contribution in [1.82, 2.24) is 14.9 Å². The van der Waals surface area contributed by atoms with Gasteiger partial charge in [0.05, 0.1) is 6.61 Å². The molecule has 7 heteroatoms. The molecule has 0 radical (unpaired) electrons. The number of nitrogens with one attached hydrogen (secondary N) is 1. The lowest BCUT2D eigenvalue weighted by Gasteiger charge is -2.15. The van der Waals surface area contributed by atoms with E-state index in [2.05, 4.69) is 20.2 Å². The van der Waals surface area contributed by atoms with Crippen LogP contribution >= 0.6 is 0 Å². The van der Waals surface area contributed by atoms with Gasteiger partial charge in [-0.15, -0.1) is 0 Å². The zero-order chi connectivity index (χ0) is 15.8. The summed E-state index contributed by atoms with van der Waals surface area (Å²) in [7, 11) is 5.73. The molecule has 1 saturated heterocycles. The van der Waals surface area contributed by atoms with E-state index in [-0.39, 0.29) is 6.10 Å². The number of likely N-dealkylation sites (N-methyl/N-ethyl adjacent to an activating group) is 1. The van der Waals surface area contributed by atoms with E-state index in [9.17, 15) is 0 Å². The Balaban J connectivity index is 2.05. The van der Waals surface area contributed by atoms with Gasteiger partial charge in [0.2, 0.25) is 5.88 Å². The third kappa shape index (κ3) is 5.40. The lowest BCUT2D eigenvalue weighted by atomic mass is 10.2. The molecule has 0 aliphatic carbocycles. The first-order valence-electron chi connectivity index (χ1n) is 7.70. The largest absolute Gasteiger partial charge is 0.475 e. The van der Waals surface area contributed by atoms with Gasteiger partial charge in [-0.05, 0) is 26.9 Å². The van der Waals surface area contributed by atoms with Crippen LogP contribution in [0, 0.1) is 0 Å². The van der Waals surface area contributed by atoms with Gasteiger partial charge >= 0.3 is 0 Å². The Hall–Kier alpha value is -1.44. The van der Waals surface area contributed by atoms with Gasteiger partial charge in [-0.25, -0.2) is 4.98 Å². The number of rotatable bonds is 9. The van der Waals surface area contributed by atoms with Crippen molar-refractivity contribution in [2.75, 3.05) is 59.4 Å². The minimum Gasteiger partial charge on any atom is -0.475 e. The van der Waals surface area contributed by atoms with Crippen LogP contribution in [-0.4, -0.2) is 69.0 Å². The van der Waals surface area contributed by atoms with Crippen molar-refractivity contribution >= 4 is 5.82 Å². The number of nitrogens with zero attached hydrogens (tertiary/aromatic N) is 3. The lowest BCUT2D eigenvalue weighted by Crippen LogP contribution is -2.21. The van der Waals surface area contributed by atoms with Crippen LogP contribution < -0.4 is 10.1 Å². The van der Waals surface area contributed by atoms with Crippen LogP contribution in [0.2, 0.25) is 0 Å². The molecule has 0 bridgehead atoms. The van der Waals surface area contributed by atoms with Crippen molar-refractivity contribution in [2.45, 2.75) is 18.9 Å². The van der Waals surface area contributed by atoms with Crippen molar-refractivity contribution in [3.63, 3.8) is 0 Å². The van der Waals surface area contributed by atoms with E-state index >= 15 is 0 Å². The Morgan fingerprint density at radius 2 is 2.23 bits per heavy atom. The molecule has 124 valence electrons. The topological polar surface area (TPSA) is 68.7 Å². The smallest absolute Gasteiger partial charge is 0.218 e. The number of ether oxygens (including phenoxy) is 3. The first-order valence-corrected chi connectivity index (χ1v) is 7.70. The molecule has 0 amide bonds. The predicted molar refractivity (Wildman–Crippen MR) is 84.4 cm³/mol. The molecule has 1 aromatic heterocycles. The average Bonchev–Trinajstić information content (AvgIpc) is 3.01. The molecule has 2 heterocycles. The summed E-state index contributed by atoms with van der Waals surface area (Å²) in [5, 5.41) is 3.31. The Morgan fingerprint density at radius 3 is 2.91 bits per heavy atom. The Morgan fingerprint density at radius 1 is 1.36 bits per heavy atom. The molecular formula is C15H26N4O3. The third-order valence-corrected chi connectivity index (χ3v) is 3.34. The van der Waals surface area contributed by atoms with E-state index in [4.69, 9.17) is 14.2 Å². The highest BCUT2D eigenvalue weighted by molar-refractivity contribution is 5.38. The van der Waals surface area contributed by atoms with Gasteiger partial charge < -0.3 is 24.4 Å². The second-order valence-electron chi connectivity index (χ2n) is 5.52. The molecule has 0 spiro atoms. The van der Waals surface area contributed by atoms with E-state index in [0.717, 1.165) is 38.4 Å². The molecule has 1 aliphatic rings. The Kier molecular flexibility index (Phi) is 6.82. The maximum absolute atomic E-state index is 5.68. The van der Waals surface area contributed by atoms with Crippen LogP contribution in [-0.2, 0) is 9.47 Å². The summed E-state index contributed by atoms with van der Waals surface area (Å²) in [6, 6.07) is 1.82. The average molecular weight is 310 g/mol. The van der Waals surface area contributed by atoms with E-state index in [1.54, 1.807) is 7.11 Å². The molecule has 1 aromatic rings. The van der Waals surface area contributed by atoms with Crippen molar-refractivity contribution in [2.24, 2.45) is 0 Å².